The molecule has 0 radical (unpaired) electrons. The number of hydrogen-bond donors (Lipinski definition) is 3. The average molecular weight is 257 g/mol. The van der Waals surface area contributed by atoms with Gasteiger partial charge in [0.2, 0.25) is 0 Å². The fourth-order valence-corrected chi connectivity index (χ4v) is 2.22. The van der Waals surface area contributed by atoms with E-state index >= 15 is 0 Å². The Bertz CT molecular complexity index is 354. The van der Waals surface area contributed by atoms with Gasteiger partial charge in [0.25, 0.3) is 5.91 Å². The number of nitrogens with two attached hydrogens (primary N) is 1. The lowest BCUT2D eigenvalue weighted by Gasteiger charge is -2.11. The van der Waals surface area contributed by atoms with Crippen LogP contribution in [0.15, 0.2) is 5.38 Å². The van der Waals surface area contributed by atoms with E-state index in [0.29, 0.717) is 25.1 Å². The number of aliphatic hydroxyl groups excluding tert-OH is 1. The predicted molar refractivity (Wildman–Crippen MR) is 68.1 cm³/mol. The molecule has 0 aliphatic rings. The third kappa shape index (κ3) is 4.80. The van der Waals surface area contributed by atoms with Crippen LogP contribution < -0.4 is 11.1 Å². The van der Waals surface area contributed by atoms with E-state index in [-0.39, 0.29) is 18.6 Å². The molecule has 1 rings (SSSR count). The van der Waals surface area contributed by atoms with Crippen LogP contribution in [-0.2, 0) is 6.42 Å². The van der Waals surface area contributed by atoms with Crippen molar-refractivity contribution >= 4 is 17.2 Å². The van der Waals surface area contributed by atoms with Gasteiger partial charge in [-0.1, -0.05) is 0 Å². The van der Waals surface area contributed by atoms with E-state index in [1.54, 1.807) is 5.38 Å². The van der Waals surface area contributed by atoms with Gasteiger partial charge in [0.15, 0.2) is 0 Å². The van der Waals surface area contributed by atoms with Gasteiger partial charge >= 0.3 is 0 Å². The Balaban J connectivity index is 2.45. The van der Waals surface area contributed by atoms with Crippen molar-refractivity contribution in [3.63, 3.8) is 0 Å². The molecule has 6 heteroatoms. The molecular weight excluding hydrogens is 238 g/mol. The van der Waals surface area contributed by atoms with E-state index < -0.39 is 0 Å². The number of hydrogen-bond acceptors (Lipinski definition) is 5. The zero-order valence-corrected chi connectivity index (χ0v) is 10.8. The van der Waals surface area contributed by atoms with Crippen LogP contribution in [0.25, 0.3) is 0 Å². The van der Waals surface area contributed by atoms with Crippen LogP contribution in [0, 0.1) is 0 Å². The molecule has 1 atom stereocenters. The van der Waals surface area contributed by atoms with E-state index in [9.17, 15) is 4.79 Å². The minimum Gasteiger partial charge on any atom is -0.396 e. The molecule has 0 bridgehead atoms. The summed E-state index contributed by atoms with van der Waals surface area (Å²) in [5, 5.41) is 14.2. The monoisotopic (exact) mass is 257 g/mol. The first kappa shape index (κ1) is 14.1. The number of carbonyl (C=O) groups is 1. The lowest BCUT2D eigenvalue weighted by atomic mass is 10.2. The molecule has 0 aromatic carbocycles. The lowest BCUT2D eigenvalue weighted by Crippen LogP contribution is -2.32. The second-order valence-corrected chi connectivity index (χ2v) is 4.85. The quantitative estimate of drug-likeness (QED) is 0.665. The molecule has 0 aliphatic heterocycles. The van der Waals surface area contributed by atoms with Crippen LogP contribution >= 0.6 is 11.3 Å². The Morgan fingerprint density at radius 3 is 3.12 bits per heavy atom. The first-order valence-corrected chi connectivity index (χ1v) is 6.61. The zero-order chi connectivity index (χ0) is 12.7. The number of aliphatic hydroxyl groups is 1. The maximum Gasteiger partial charge on any atom is 0.270 e. The maximum atomic E-state index is 11.8. The smallest absolute Gasteiger partial charge is 0.270 e. The number of nitrogens with one attached hydrogen (secondary N) is 1. The van der Waals surface area contributed by atoms with Crippen molar-refractivity contribution in [1.29, 1.82) is 0 Å². The summed E-state index contributed by atoms with van der Waals surface area (Å²) in [5.41, 5.74) is 5.88. The van der Waals surface area contributed by atoms with E-state index in [1.807, 2.05) is 6.92 Å². The number of thiazole rings is 1. The molecule has 1 amide bonds. The van der Waals surface area contributed by atoms with Crippen molar-refractivity contribution in [2.45, 2.75) is 32.2 Å². The minimum atomic E-state index is -0.157. The topological polar surface area (TPSA) is 88.2 Å². The second kappa shape index (κ2) is 7.37. The minimum absolute atomic E-state index is 0.0503. The molecule has 1 unspecified atom stereocenters. The SMILES string of the molecule is CC(CCCO)NC(=O)c1csc(CCN)n1. The Hall–Kier alpha value is -0.980. The van der Waals surface area contributed by atoms with Gasteiger partial charge in [0, 0.05) is 24.4 Å². The molecule has 1 aromatic heterocycles. The summed E-state index contributed by atoms with van der Waals surface area (Å²) in [6, 6.07) is 0.0503. The third-order valence-corrected chi connectivity index (χ3v) is 3.22. The summed E-state index contributed by atoms with van der Waals surface area (Å²) in [5.74, 6) is -0.157. The van der Waals surface area contributed by atoms with Gasteiger partial charge in [-0.05, 0) is 26.3 Å². The molecule has 0 aliphatic carbocycles. The third-order valence-electron chi connectivity index (χ3n) is 2.32. The highest BCUT2D eigenvalue weighted by Gasteiger charge is 2.12. The van der Waals surface area contributed by atoms with Crippen LogP contribution in [0.1, 0.15) is 35.3 Å². The zero-order valence-electron chi connectivity index (χ0n) is 9.98. The number of aromatic nitrogens is 1. The Morgan fingerprint density at radius 1 is 1.71 bits per heavy atom. The number of rotatable bonds is 7. The largest absolute Gasteiger partial charge is 0.396 e. The lowest BCUT2D eigenvalue weighted by molar-refractivity contribution is 0.0932. The Morgan fingerprint density at radius 2 is 2.47 bits per heavy atom. The first-order chi connectivity index (χ1) is 8.17. The van der Waals surface area contributed by atoms with E-state index in [0.717, 1.165) is 11.4 Å². The fraction of sp³-hybridized carbons (Fsp3) is 0.636. The Labute approximate surface area is 105 Å². The summed E-state index contributed by atoms with van der Waals surface area (Å²) in [7, 11) is 0. The second-order valence-electron chi connectivity index (χ2n) is 3.91. The van der Waals surface area contributed by atoms with Gasteiger partial charge in [-0.15, -0.1) is 11.3 Å². The Kier molecular flexibility index (Phi) is 6.10. The summed E-state index contributed by atoms with van der Waals surface area (Å²) in [6.07, 6.45) is 2.16. The van der Waals surface area contributed by atoms with Gasteiger partial charge in [0.1, 0.15) is 5.69 Å². The van der Waals surface area contributed by atoms with Crippen molar-refractivity contribution in [2.75, 3.05) is 13.2 Å². The highest BCUT2D eigenvalue weighted by molar-refractivity contribution is 7.09. The standard InChI is InChI=1S/C11H19N3O2S/c1-8(3-2-6-15)13-11(16)9-7-17-10(14-9)4-5-12/h7-8,15H,2-6,12H2,1H3,(H,13,16). The van der Waals surface area contributed by atoms with Gasteiger partial charge in [0.05, 0.1) is 5.01 Å². The van der Waals surface area contributed by atoms with Crippen LogP contribution in [0.2, 0.25) is 0 Å². The molecule has 5 nitrogen and oxygen atoms in total. The molecule has 0 fully saturated rings. The molecule has 1 heterocycles. The molecule has 0 saturated heterocycles. The van der Waals surface area contributed by atoms with Crippen molar-refractivity contribution in [3.05, 3.63) is 16.1 Å². The predicted octanol–water partition coefficient (Wildman–Crippen LogP) is 0.535. The van der Waals surface area contributed by atoms with E-state index in [2.05, 4.69) is 10.3 Å². The van der Waals surface area contributed by atoms with E-state index in [1.165, 1.54) is 11.3 Å². The number of amides is 1. The van der Waals surface area contributed by atoms with Crippen LogP contribution in [0.5, 0.6) is 0 Å². The summed E-state index contributed by atoms with van der Waals surface area (Å²) < 4.78 is 0. The summed E-state index contributed by atoms with van der Waals surface area (Å²) in [6.45, 7) is 2.61. The molecular formula is C11H19N3O2S. The molecule has 0 spiro atoms. The van der Waals surface area contributed by atoms with Crippen molar-refractivity contribution in [1.82, 2.24) is 10.3 Å². The molecule has 17 heavy (non-hydrogen) atoms. The van der Waals surface area contributed by atoms with Crippen molar-refractivity contribution < 1.29 is 9.90 Å². The summed E-state index contributed by atoms with van der Waals surface area (Å²) in [4.78, 5) is 16.0. The van der Waals surface area contributed by atoms with Crippen molar-refractivity contribution in [2.24, 2.45) is 5.73 Å². The maximum absolute atomic E-state index is 11.8. The van der Waals surface area contributed by atoms with Gasteiger partial charge < -0.3 is 16.2 Å². The molecule has 0 saturated carbocycles. The van der Waals surface area contributed by atoms with Gasteiger partial charge in [-0.25, -0.2) is 4.98 Å². The molecule has 96 valence electrons. The number of nitrogens with zero attached hydrogens (tertiary/aromatic N) is 1. The van der Waals surface area contributed by atoms with Gasteiger partial charge in [-0.3, -0.25) is 4.79 Å². The van der Waals surface area contributed by atoms with Gasteiger partial charge in [-0.2, -0.15) is 0 Å². The summed E-state index contributed by atoms with van der Waals surface area (Å²) >= 11 is 1.46. The van der Waals surface area contributed by atoms with Crippen LogP contribution in [-0.4, -0.2) is 35.2 Å². The number of carbonyl (C=O) groups excluding carboxylic acids is 1. The molecule has 1 aromatic rings. The van der Waals surface area contributed by atoms with E-state index in [4.69, 9.17) is 10.8 Å². The highest BCUT2D eigenvalue weighted by Crippen LogP contribution is 2.10. The first-order valence-electron chi connectivity index (χ1n) is 5.73. The highest BCUT2D eigenvalue weighted by atomic mass is 32.1. The normalized spacial score (nSPS) is 12.4. The van der Waals surface area contributed by atoms with Crippen molar-refractivity contribution in [3.8, 4) is 0 Å². The molecule has 4 N–H and O–H groups in total. The van der Waals surface area contributed by atoms with Crippen LogP contribution in [0.4, 0.5) is 0 Å². The average Bonchev–Trinajstić information content (AvgIpc) is 2.75. The fourth-order valence-electron chi connectivity index (χ4n) is 1.42. The van der Waals surface area contributed by atoms with Crippen LogP contribution in [0.3, 0.4) is 0 Å².